The SMILES string of the molecule is COCCNC(=O)c1cc(CCOC(C)=O)ccc1NC(=O)c1csc(N2CC[C@H](OC)C2)n1. The number of esters is 1. The van der Waals surface area contributed by atoms with Crippen molar-refractivity contribution in [3.63, 3.8) is 0 Å². The van der Waals surface area contributed by atoms with Gasteiger partial charge in [-0.15, -0.1) is 11.3 Å². The lowest BCUT2D eigenvalue weighted by atomic mass is 10.1. The third-order valence-corrected chi connectivity index (χ3v) is 6.24. The van der Waals surface area contributed by atoms with E-state index in [1.165, 1.54) is 18.3 Å². The second-order valence-corrected chi connectivity index (χ2v) is 8.62. The third kappa shape index (κ3) is 6.99. The van der Waals surface area contributed by atoms with Crippen LogP contribution in [0.3, 0.4) is 0 Å². The molecule has 2 N–H and O–H groups in total. The van der Waals surface area contributed by atoms with Crippen molar-refractivity contribution in [2.45, 2.75) is 25.9 Å². The van der Waals surface area contributed by atoms with E-state index in [4.69, 9.17) is 14.2 Å². The van der Waals surface area contributed by atoms with Gasteiger partial charge in [0.15, 0.2) is 5.13 Å². The Labute approximate surface area is 202 Å². The van der Waals surface area contributed by atoms with Crippen LogP contribution in [0.25, 0.3) is 0 Å². The number of benzene rings is 1. The van der Waals surface area contributed by atoms with E-state index in [0.717, 1.165) is 30.2 Å². The molecule has 3 rings (SSSR count). The molecule has 0 radical (unpaired) electrons. The van der Waals surface area contributed by atoms with Gasteiger partial charge in [-0.2, -0.15) is 0 Å². The molecule has 2 aromatic rings. The summed E-state index contributed by atoms with van der Waals surface area (Å²) in [6, 6.07) is 5.14. The highest BCUT2D eigenvalue weighted by Gasteiger charge is 2.25. The molecular weight excluding hydrogens is 460 g/mol. The first-order valence-electron chi connectivity index (χ1n) is 11.0. The first kappa shape index (κ1) is 25.6. The summed E-state index contributed by atoms with van der Waals surface area (Å²) < 4.78 is 15.4. The van der Waals surface area contributed by atoms with Crippen LogP contribution in [-0.4, -0.2) is 75.9 Å². The lowest BCUT2D eigenvalue weighted by molar-refractivity contribution is -0.140. The summed E-state index contributed by atoms with van der Waals surface area (Å²) in [6.45, 7) is 3.81. The average molecular weight is 491 g/mol. The summed E-state index contributed by atoms with van der Waals surface area (Å²) in [6.07, 6.45) is 1.53. The molecule has 1 aliphatic rings. The number of thiazole rings is 1. The van der Waals surface area contributed by atoms with Crippen molar-refractivity contribution < 1.29 is 28.6 Å². The minimum absolute atomic E-state index is 0.166. The van der Waals surface area contributed by atoms with Crippen molar-refractivity contribution in [1.29, 1.82) is 0 Å². The first-order valence-corrected chi connectivity index (χ1v) is 11.9. The van der Waals surface area contributed by atoms with Crippen molar-refractivity contribution in [1.82, 2.24) is 10.3 Å². The number of rotatable bonds is 11. The number of carbonyl (C=O) groups is 3. The number of methoxy groups -OCH3 is 2. The van der Waals surface area contributed by atoms with Crippen LogP contribution in [0.4, 0.5) is 10.8 Å². The number of nitrogens with one attached hydrogen (secondary N) is 2. The summed E-state index contributed by atoms with van der Waals surface area (Å²) in [5.74, 6) is -1.11. The molecule has 34 heavy (non-hydrogen) atoms. The zero-order valence-electron chi connectivity index (χ0n) is 19.6. The van der Waals surface area contributed by atoms with Gasteiger partial charge in [0, 0.05) is 52.6 Å². The normalized spacial score (nSPS) is 15.3. The number of hydrogen-bond donors (Lipinski definition) is 2. The lowest BCUT2D eigenvalue weighted by Crippen LogP contribution is -2.28. The van der Waals surface area contributed by atoms with Crippen LogP contribution in [0, 0.1) is 0 Å². The van der Waals surface area contributed by atoms with E-state index in [9.17, 15) is 14.4 Å². The number of hydrogen-bond acceptors (Lipinski definition) is 9. The van der Waals surface area contributed by atoms with Crippen molar-refractivity contribution in [3.8, 4) is 0 Å². The van der Waals surface area contributed by atoms with Crippen LogP contribution in [0.2, 0.25) is 0 Å². The molecule has 184 valence electrons. The highest BCUT2D eigenvalue weighted by atomic mass is 32.1. The lowest BCUT2D eigenvalue weighted by Gasteiger charge is -2.14. The number of amides is 2. The topological polar surface area (TPSA) is 119 Å². The molecule has 1 fully saturated rings. The van der Waals surface area contributed by atoms with Gasteiger partial charge in [0.05, 0.1) is 30.6 Å². The van der Waals surface area contributed by atoms with E-state index in [2.05, 4.69) is 20.5 Å². The minimum atomic E-state index is -0.399. The fourth-order valence-electron chi connectivity index (χ4n) is 3.51. The van der Waals surface area contributed by atoms with Gasteiger partial charge in [-0.05, 0) is 24.1 Å². The first-order chi connectivity index (χ1) is 16.4. The Morgan fingerprint density at radius 1 is 1.21 bits per heavy atom. The van der Waals surface area contributed by atoms with Crippen molar-refractivity contribution >= 4 is 39.9 Å². The fourth-order valence-corrected chi connectivity index (χ4v) is 4.36. The van der Waals surface area contributed by atoms with Gasteiger partial charge in [-0.25, -0.2) is 4.98 Å². The molecule has 1 aromatic heterocycles. The standard InChI is InChI=1S/C23H30N4O6S/c1-15(28)33-10-7-16-4-5-19(18(12-16)21(29)24-8-11-31-2)25-22(30)20-14-34-23(26-20)27-9-6-17(13-27)32-3/h4-5,12,14,17H,6-11,13H2,1-3H3,(H,24,29)(H,25,30)/t17-/m0/s1. The van der Waals surface area contributed by atoms with Gasteiger partial charge in [-0.3, -0.25) is 14.4 Å². The summed E-state index contributed by atoms with van der Waals surface area (Å²) in [7, 11) is 3.24. The zero-order chi connectivity index (χ0) is 24.5. The summed E-state index contributed by atoms with van der Waals surface area (Å²) in [5.41, 5.74) is 1.76. The Balaban J connectivity index is 1.73. The van der Waals surface area contributed by atoms with E-state index >= 15 is 0 Å². The molecule has 2 heterocycles. The van der Waals surface area contributed by atoms with E-state index < -0.39 is 5.91 Å². The van der Waals surface area contributed by atoms with Crippen LogP contribution >= 0.6 is 11.3 Å². The predicted octanol–water partition coefficient (Wildman–Crippen LogP) is 2.10. The van der Waals surface area contributed by atoms with E-state index in [1.54, 1.807) is 37.8 Å². The minimum Gasteiger partial charge on any atom is -0.466 e. The second-order valence-electron chi connectivity index (χ2n) is 7.78. The number of nitrogens with zero attached hydrogens (tertiary/aromatic N) is 2. The van der Waals surface area contributed by atoms with E-state index in [0.29, 0.717) is 30.8 Å². The van der Waals surface area contributed by atoms with Gasteiger partial charge in [0.1, 0.15) is 5.69 Å². The highest BCUT2D eigenvalue weighted by molar-refractivity contribution is 7.14. The van der Waals surface area contributed by atoms with Gasteiger partial charge >= 0.3 is 5.97 Å². The summed E-state index contributed by atoms with van der Waals surface area (Å²) in [4.78, 5) is 43.3. The van der Waals surface area contributed by atoms with E-state index in [-0.39, 0.29) is 30.3 Å². The van der Waals surface area contributed by atoms with Crippen molar-refractivity contribution in [2.24, 2.45) is 0 Å². The monoisotopic (exact) mass is 490 g/mol. The smallest absolute Gasteiger partial charge is 0.302 e. The molecule has 0 unspecified atom stereocenters. The fraction of sp³-hybridized carbons (Fsp3) is 0.478. The maximum absolute atomic E-state index is 12.9. The Morgan fingerprint density at radius 2 is 2.03 bits per heavy atom. The predicted molar refractivity (Wildman–Crippen MR) is 129 cm³/mol. The van der Waals surface area contributed by atoms with Crippen LogP contribution in [0.15, 0.2) is 23.6 Å². The molecule has 1 saturated heterocycles. The quantitative estimate of drug-likeness (QED) is 0.363. The third-order valence-electron chi connectivity index (χ3n) is 5.34. The highest BCUT2D eigenvalue weighted by Crippen LogP contribution is 2.26. The molecule has 0 saturated carbocycles. The molecule has 2 amide bonds. The Bertz CT molecular complexity index is 1010. The number of carbonyl (C=O) groups excluding carboxylic acids is 3. The van der Waals surface area contributed by atoms with Crippen molar-refractivity contribution in [2.75, 3.05) is 57.3 Å². The number of anilines is 2. The summed E-state index contributed by atoms with van der Waals surface area (Å²) >= 11 is 1.40. The molecule has 0 spiro atoms. The maximum atomic E-state index is 12.9. The zero-order valence-corrected chi connectivity index (χ0v) is 20.4. The van der Waals surface area contributed by atoms with Gasteiger partial charge < -0.3 is 29.7 Å². The molecule has 11 heteroatoms. The van der Waals surface area contributed by atoms with Gasteiger partial charge in [0.25, 0.3) is 11.8 Å². The Hall–Kier alpha value is -3.02. The molecule has 0 bridgehead atoms. The van der Waals surface area contributed by atoms with Crippen LogP contribution in [-0.2, 0) is 25.4 Å². The largest absolute Gasteiger partial charge is 0.466 e. The van der Waals surface area contributed by atoms with Gasteiger partial charge in [0.2, 0.25) is 0 Å². The summed E-state index contributed by atoms with van der Waals surface area (Å²) in [5, 5.41) is 8.05. The Kier molecular flexibility index (Phi) is 9.37. The molecular formula is C23H30N4O6S. The van der Waals surface area contributed by atoms with Crippen LogP contribution in [0.5, 0.6) is 0 Å². The van der Waals surface area contributed by atoms with Crippen LogP contribution < -0.4 is 15.5 Å². The van der Waals surface area contributed by atoms with Gasteiger partial charge in [-0.1, -0.05) is 6.07 Å². The molecule has 1 atom stereocenters. The molecule has 1 aromatic carbocycles. The average Bonchev–Trinajstić information content (AvgIpc) is 3.49. The Morgan fingerprint density at radius 3 is 2.74 bits per heavy atom. The molecule has 1 aliphatic heterocycles. The molecule has 0 aliphatic carbocycles. The molecule has 10 nitrogen and oxygen atoms in total. The van der Waals surface area contributed by atoms with E-state index in [1.807, 2.05) is 0 Å². The van der Waals surface area contributed by atoms with Crippen molar-refractivity contribution in [3.05, 3.63) is 40.4 Å². The number of ether oxygens (including phenoxy) is 3. The van der Waals surface area contributed by atoms with Crippen LogP contribution in [0.1, 0.15) is 39.8 Å². The maximum Gasteiger partial charge on any atom is 0.302 e. The second kappa shape index (κ2) is 12.4. The number of aromatic nitrogens is 1.